The molecule has 3 heterocycles. The van der Waals surface area contributed by atoms with Gasteiger partial charge in [-0.2, -0.15) is 0 Å². The van der Waals surface area contributed by atoms with E-state index in [1.807, 2.05) is 0 Å². The van der Waals surface area contributed by atoms with Crippen LogP contribution in [0.2, 0.25) is 0 Å². The Morgan fingerprint density at radius 1 is 1.45 bits per heavy atom. The minimum Gasteiger partial charge on any atom is -0.477 e. The lowest BCUT2D eigenvalue weighted by Gasteiger charge is -2.44. The van der Waals surface area contributed by atoms with Gasteiger partial charge in [0.05, 0.1) is 5.39 Å². The van der Waals surface area contributed by atoms with Crippen LogP contribution in [0.15, 0.2) is 17.1 Å². The highest BCUT2D eigenvalue weighted by molar-refractivity contribution is 5.97. The van der Waals surface area contributed by atoms with E-state index in [1.54, 1.807) is 30.8 Å². The number of nitrogens with one attached hydrogen (secondary N) is 1. The first kappa shape index (κ1) is 19.0. The lowest BCUT2D eigenvalue weighted by Crippen LogP contribution is -2.55. The fourth-order valence-corrected chi connectivity index (χ4v) is 3.95. The molecule has 1 atom stereocenters. The minimum absolute atomic E-state index is 0.0646. The number of carbonyl (C=O) groups excluding carboxylic acids is 1. The summed E-state index contributed by atoms with van der Waals surface area (Å²) in [6, 6.07) is 0.945. The van der Waals surface area contributed by atoms with E-state index in [4.69, 9.17) is 4.74 Å². The number of carboxylic acid groups (broad SMARTS) is 1. The Kier molecular flexibility index (Phi) is 4.18. The quantitative estimate of drug-likeness (QED) is 0.729. The van der Waals surface area contributed by atoms with Crippen molar-refractivity contribution >= 4 is 29.0 Å². The second-order valence-electron chi connectivity index (χ2n) is 7.74. The number of pyridine rings is 1. The standard InChI is InChI=1S/C19H21FN4O5/c1-19(2)22(3)24-8-12(18(27)28)16(26)11-6-13(20)15(17(29-19)14(11)24)23-5-4-10(7-23)21-9-25/h6,8-10H,4-5,7H2,1-3H3,(H,21,25)(H,27,28). The first-order valence-corrected chi connectivity index (χ1v) is 9.18. The zero-order valence-corrected chi connectivity index (χ0v) is 16.2. The Labute approximate surface area is 165 Å². The van der Waals surface area contributed by atoms with E-state index in [2.05, 4.69) is 5.32 Å². The Bertz CT molecular complexity index is 1100. The topological polar surface area (TPSA) is 104 Å². The summed E-state index contributed by atoms with van der Waals surface area (Å²) in [6.07, 6.45) is 2.50. The highest BCUT2D eigenvalue weighted by atomic mass is 19.1. The molecule has 0 saturated carbocycles. The van der Waals surface area contributed by atoms with Gasteiger partial charge in [0.15, 0.2) is 17.3 Å². The molecule has 1 aromatic heterocycles. The Morgan fingerprint density at radius 3 is 2.83 bits per heavy atom. The van der Waals surface area contributed by atoms with Crippen LogP contribution >= 0.6 is 0 Å². The van der Waals surface area contributed by atoms with Crippen LogP contribution in [0.4, 0.5) is 10.1 Å². The molecule has 1 aromatic carbocycles. The molecule has 1 amide bonds. The number of anilines is 1. The monoisotopic (exact) mass is 404 g/mol. The van der Waals surface area contributed by atoms with Crippen molar-refractivity contribution in [2.75, 3.05) is 30.0 Å². The number of rotatable bonds is 4. The van der Waals surface area contributed by atoms with E-state index >= 15 is 4.39 Å². The van der Waals surface area contributed by atoms with Crippen molar-refractivity contribution in [1.82, 2.24) is 9.99 Å². The molecule has 0 aliphatic carbocycles. The van der Waals surface area contributed by atoms with Crippen molar-refractivity contribution in [2.24, 2.45) is 0 Å². The molecular formula is C19H21FN4O5. The van der Waals surface area contributed by atoms with Gasteiger partial charge in [0.25, 0.3) is 0 Å². The van der Waals surface area contributed by atoms with E-state index < -0.39 is 28.5 Å². The van der Waals surface area contributed by atoms with Crippen LogP contribution in [-0.4, -0.2) is 54.1 Å². The van der Waals surface area contributed by atoms with E-state index in [0.717, 1.165) is 6.07 Å². The van der Waals surface area contributed by atoms with Gasteiger partial charge >= 0.3 is 5.97 Å². The highest BCUT2D eigenvalue weighted by Crippen LogP contribution is 2.44. The van der Waals surface area contributed by atoms with Crippen LogP contribution in [0.25, 0.3) is 10.9 Å². The number of aromatic carboxylic acids is 1. The Hall–Kier alpha value is -3.30. The van der Waals surface area contributed by atoms with E-state index in [1.165, 1.54) is 10.9 Å². The van der Waals surface area contributed by atoms with Crippen molar-refractivity contribution in [3.05, 3.63) is 33.9 Å². The number of ether oxygens (including phenoxy) is 1. The summed E-state index contributed by atoms with van der Waals surface area (Å²) >= 11 is 0. The third-order valence-corrected chi connectivity index (χ3v) is 5.65. The number of halogens is 1. The molecule has 2 N–H and O–H groups in total. The van der Waals surface area contributed by atoms with Gasteiger partial charge in [-0.05, 0) is 26.3 Å². The van der Waals surface area contributed by atoms with Crippen LogP contribution in [0.5, 0.6) is 5.75 Å². The number of benzene rings is 1. The fraction of sp³-hybridized carbons (Fsp3) is 0.421. The Balaban J connectivity index is 2.01. The average molecular weight is 404 g/mol. The number of carboxylic acids is 1. The molecule has 2 aliphatic heterocycles. The molecule has 1 fully saturated rings. The molecule has 154 valence electrons. The van der Waals surface area contributed by atoms with Gasteiger partial charge in [-0.25, -0.2) is 9.18 Å². The molecule has 1 saturated heterocycles. The van der Waals surface area contributed by atoms with Gasteiger partial charge in [-0.1, -0.05) is 0 Å². The number of aromatic nitrogens is 1. The first-order chi connectivity index (χ1) is 13.7. The zero-order valence-electron chi connectivity index (χ0n) is 16.2. The van der Waals surface area contributed by atoms with Gasteiger partial charge < -0.3 is 20.1 Å². The van der Waals surface area contributed by atoms with Crippen LogP contribution in [0, 0.1) is 5.82 Å². The van der Waals surface area contributed by atoms with Crippen LogP contribution in [0.1, 0.15) is 30.6 Å². The summed E-state index contributed by atoms with van der Waals surface area (Å²) in [5.41, 5.74) is -1.64. The lowest BCUT2D eigenvalue weighted by molar-refractivity contribution is -0.110. The SMILES string of the molecule is CN1n2cc(C(=O)O)c(=O)c3cc(F)c(N4CCC(NC=O)C4)c(c32)OC1(C)C. The summed E-state index contributed by atoms with van der Waals surface area (Å²) < 4.78 is 22.9. The van der Waals surface area contributed by atoms with Crippen molar-refractivity contribution < 1.29 is 23.8 Å². The minimum atomic E-state index is -1.38. The van der Waals surface area contributed by atoms with Gasteiger partial charge in [0.2, 0.25) is 11.8 Å². The largest absolute Gasteiger partial charge is 0.477 e. The first-order valence-electron chi connectivity index (χ1n) is 9.18. The van der Waals surface area contributed by atoms with Gasteiger partial charge in [-0.3, -0.25) is 19.3 Å². The molecule has 29 heavy (non-hydrogen) atoms. The molecule has 0 radical (unpaired) electrons. The molecule has 2 aliphatic rings. The van der Waals surface area contributed by atoms with Gasteiger partial charge in [0.1, 0.15) is 16.8 Å². The van der Waals surface area contributed by atoms with Crippen molar-refractivity contribution in [3.63, 3.8) is 0 Å². The second kappa shape index (κ2) is 6.36. The van der Waals surface area contributed by atoms with Gasteiger partial charge in [-0.15, -0.1) is 0 Å². The van der Waals surface area contributed by atoms with Crippen molar-refractivity contribution in [3.8, 4) is 5.75 Å². The molecule has 10 heteroatoms. The van der Waals surface area contributed by atoms with Crippen LogP contribution in [0.3, 0.4) is 0 Å². The number of nitrogens with zero attached hydrogens (tertiary/aromatic N) is 3. The number of hydrogen-bond donors (Lipinski definition) is 2. The van der Waals surface area contributed by atoms with Gasteiger partial charge in [0, 0.05) is 32.4 Å². The molecule has 4 rings (SSSR count). The van der Waals surface area contributed by atoms with Crippen LogP contribution in [-0.2, 0) is 4.79 Å². The zero-order chi connectivity index (χ0) is 21.1. The lowest BCUT2D eigenvalue weighted by atomic mass is 10.1. The van der Waals surface area contributed by atoms with Crippen molar-refractivity contribution in [1.29, 1.82) is 0 Å². The maximum atomic E-state index is 15.2. The smallest absolute Gasteiger partial charge is 0.341 e. The summed E-state index contributed by atoms with van der Waals surface area (Å²) in [4.78, 5) is 36.8. The average Bonchev–Trinajstić information content (AvgIpc) is 3.09. The number of carbonyl (C=O) groups is 2. The summed E-state index contributed by atoms with van der Waals surface area (Å²) in [6.45, 7) is 4.41. The maximum Gasteiger partial charge on any atom is 0.341 e. The highest BCUT2D eigenvalue weighted by Gasteiger charge is 2.39. The summed E-state index contributed by atoms with van der Waals surface area (Å²) in [5, 5.41) is 13.7. The third kappa shape index (κ3) is 2.78. The molecular weight excluding hydrogens is 383 g/mol. The Morgan fingerprint density at radius 2 is 2.17 bits per heavy atom. The molecule has 2 aromatic rings. The maximum absolute atomic E-state index is 15.2. The molecule has 0 spiro atoms. The van der Waals surface area contributed by atoms with E-state index in [0.29, 0.717) is 31.4 Å². The summed E-state index contributed by atoms with van der Waals surface area (Å²) in [5.74, 6) is -1.87. The molecule has 9 nitrogen and oxygen atoms in total. The third-order valence-electron chi connectivity index (χ3n) is 5.65. The predicted octanol–water partition coefficient (Wildman–Crippen LogP) is 0.860. The fourth-order valence-electron chi connectivity index (χ4n) is 3.95. The predicted molar refractivity (Wildman–Crippen MR) is 104 cm³/mol. The molecule has 1 unspecified atom stereocenters. The van der Waals surface area contributed by atoms with Crippen molar-refractivity contribution in [2.45, 2.75) is 32.0 Å². The second-order valence-corrected chi connectivity index (χ2v) is 7.74. The summed E-state index contributed by atoms with van der Waals surface area (Å²) in [7, 11) is 1.70. The number of hydrogen-bond acceptors (Lipinski definition) is 6. The van der Waals surface area contributed by atoms with Crippen LogP contribution < -0.4 is 25.4 Å². The number of amides is 1. The molecule has 0 bridgehead atoms. The van der Waals surface area contributed by atoms with E-state index in [9.17, 15) is 19.5 Å². The normalized spacial score (nSPS) is 19.9. The van der Waals surface area contributed by atoms with E-state index in [-0.39, 0.29) is 22.9 Å².